The number of para-hydroxylation sites is 1. The molecule has 0 saturated heterocycles. The van der Waals surface area contributed by atoms with Gasteiger partial charge in [0.25, 0.3) is 0 Å². The molecule has 0 N–H and O–H groups in total. The maximum atomic E-state index is 8.37. The summed E-state index contributed by atoms with van der Waals surface area (Å²) in [6, 6.07) is 16.6. The summed E-state index contributed by atoms with van der Waals surface area (Å²) >= 11 is 0. The van der Waals surface area contributed by atoms with Crippen molar-refractivity contribution < 1.29 is 10.4 Å². The minimum atomic E-state index is -0.640. The molecule has 0 spiro atoms. The number of aryl methyl sites for hydroxylation is 2. The van der Waals surface area contributed by atoms with Crippen molar-refractivity contribution in [2.45, 2.75) is 26.7 Å². The van der Waals surface area contributed by atoms with E-state index in [-0.39, 0.29) is 0 Å². The number of nitrogens with zero attached hydrogens (tertiary/aromatic N) is 1. The molecule has 0 fully saturated rings. The van der Waals surface area contributed by atoms with E-state index in [0.29, 0.717) is 0 Å². The Morgan fingerprint density at radius 2 is 1.83 bits per heavy atom. The molecule has 0 saturated carbocycles. The van der Waals surface area contributed by atoms with Gasteiger partial charge in [0, 0.05) is 24.3 Å². The summed E-state index contributed by atoms with van der Waals surface area (Å²) in [5, 5.41) is 2.27. The SMILES string of the molecule is [2H]C(C)(C)c1cc[n+](C)c(-c2c(C)ccc3c2oc2ccccc23)c1. The molecule has 2 nitrogen and oxygen atoms in total. The lowest BCUT2D eigenvalue weighted by atomic mass is 9.97. The highest BCUT2D eigenvalue weighted by Gasteiger charge is 2.21. The molecule has 120 valence electrons. The third kappa shape index (κ3) is 2.22. The minimum absolute atomic E-state index is 0.640. The highest BCUT2D eigenvalue weighted by atomic mass is 16.3. The van der Waals surface area contributed by atoms with Gasteiger partial charge in [0.1, 0.15) is 18.2 Å². The second kappa shape index (κ2) is 5.48. The monoisotopic (exact) mass is 317 g/mol. The highest BCUT2D eigenvalue weighted by molar-refractivity contribution is 6.09. The molecule has 0 aliphatic heterocycles. The van der Waals surface area contributed by atoms with E-state index in [0.717, 1.165) is 38.8 Å². The van der Waals surface area contributed by atoms with Crippen molar-refractivity contribution in [3.05, 3.63) is 65.9 Å². The first-order chi connectivity index (χ1) is 11.9. The molecule has 4 aromatic rings. The quantitative estimate of drug-likeness (QED) is 0.446. The molecule has 2 aromatic carbocycles. The molecule has 0 atom stereocenters. The lowest BCUT2D eigenvalue weighted by Gasteiger charge is -2.09. The maximum Gasteiger partial charge on any atom is 0.216 e. The van der Waals surface area contributed by atoms with Crippen LogP contribution in [0, 0.1) is 6.92 Å². The summed E-state index contributed by atoms with van der Waals surface area (Å²) in [6.07, 6.45) is 2.03. The van der Waals surface area contributed by atoms with Crippen LogP contribution < -0.4 is 4.57 Å². The van der Waals surface area contributed by atoms with Crippen LogP contribution in [0.4, 0.5) is 0 Å². The molecule has 0 unspecified atom stereocenters. The number of hydrogen-bond donors (Lipinski definition) is 0. The topological polar surface area (TPSA) is 17.0 Å². The van der Waals surface area contributed by atoms with Gasteiger partial charge in [-0.15, -0.1) is 0 Å². The molecule has 4 rings (SSSR count). The normalized spacial score (nSPS) is 12.8. The Balaban J connectivity index is 2.09. The first-order valence-corrected chi connectivity index (χ1v) is 8.27. The van der Waals surface area contributed by atoms with Gasteiger partial charge in [-0.2, -0.15) is 0 Å². The second-order valence-corrected chi connectivity index (χ2v) is 6.64. The van der Waals surface area contributed by atoms with Gasteiger partial charge in [0.2, 0.25) is 5.69 Å². The predicted molar refractivity (Wildman–Crippen MR) is 99.2 cm³/mol. The minimum Gasteiger partial charge on any atom is -0.455 e. The van der Waals surface area contributed by atoms with Gasteiger partial charge in [-0.3, -0.25) is 0 Å². The van der Waals surface area contributed by atoms with E-state index in [2.05, 4.69) is 35.8 Å². The van der Waals surface area contributed by atoms with E-state index in [1.54, 1.807) is 0 Å². The van der Waals surface area contributed by atoms with Crippen LogP contribution in [0.15, 0.2) is 59.1 Å². The lowest BCUT2D eigenvalue weighted by molar-refractivity contribution is -0.660. The summed E-state index contributed by atoms with van der Waals surface area (Å²) in [4.78, 5) is 0. The fraction of sp³-hybridized carbons (Fsp3) is 0.227. The second-order valence-electron chi connectivity index (χ2n) is 6.64. The number of aromatic nitrogens is 1. The van der Waals surface area contributed by atoms with Gasteiger partial charge in [0.15, 0.2) is 6.20 Å². The zero-order chi connectivity index (χ0) is 17.8. The van der Waals surface area contributed by atoms with Crippen LogP contribution in [0.2, 0.25) is 0 Å². The predicted octanol–water partition coefficient (Wildman–Crippen LogP) is 5.51. The van der Waals surface area contributed by atoms with Crippen molar-refractivity contribution in [1.82, 2.24) is 0 Å². The maximum absolute atomic E-state index is 8.37. The fourth-order valence-electron chi connectivity index (χ4n) is 3.33. The Morgan fingerprint density at radius 3 is 2.62 bits per heavy atom. The van der Waals surface area contributed by atoms with Crippen molar-refractivity contribution in [1.29, 1.82) is 0 Å². The Bertz CT molecular complexity index is 1100. The van der Waals surface area contributed by atoms with Crippen LogP contribution in [0.1, 0.15) is 32.2 Å². The van der Waals surface area contributed by atoms with Crippen molar-refractivity contribution in [2.24, 2.45) is 7.05 Å². The zero-order valence-corrected chi connectivity index (χ0v) is 14.6. The summed E-state index contributed by atoms with van der Waals surface area (Å²) in [6.45, 7) is 5.95. The molecule has 0 bridgehead atoms. The molecular weight excluding hydrogens is 294 g/mol. The van der Waals surface area contributed by atoms with E-state index in [1.807, 2.05) is 51.4 Å². The highest BCUT2D eigenvalue weighted by Crippen LogP contribution is 2.37. The average molecular weight is 317 g/mol. The standard InChI is InChI=1S/C22H22NO/c1-14(2)16-11-12-23(4)19(13-16)21-15(3)9-10-18-17-7-5-6-8-20(17)24-22(18)21/h5-14H,1-4H3/q+1/i14D. The van der Waals surface area contributed by atoms with Crippen molar-refractivity contribution >= 4 is 21.9 Å². The largest absolute Gasteiger partial charge is 0.455 e. The summed E-state index contributed by atoms with van der Waals surface area (Å²) in [5.41, 5.74) is 6.15. The number of furan rings is 1. The van der Waals surface area contributed by atoms with E-state index >= 15 is 0 Å². The Hall–Kier alpha value is -2.61. The molecule has 24 heavy (non-hydrogen) atoms. The first-order valence-electron chi connectivity index (χ1n) is 8.77. The Morgan fingerprint density at radius 1 is 1.04 bits per heavy atom. The van der Waals surface area contributed by atoms with E-state index in [1.165, 1.54) is 5.56 Å². The van der Waals surface area contributed by atoms with Gasteiger partial charge >= 0.3 is 0 Å². The Labute approximate surface area is 143 Å². The van der Waals surface area contributed by atoms with E-state index in [4.69, 9.17) is 5.79 Å². The first kappa shape index (κ1) is 13.8. The van der Waals surface area contributed by atoms with Gasteiger partial charge in [0.05, 0.1) is 5.56 Å². The third-order valence-electron chi connectivity index (χ3n) is 4.74. The average Bonchev–Trinajstić information content (AvgIpc) is 2.93. The van der Waals surface area contributed by atoms with Crippen molar-refractivity contribution in [2.75, 3.05) is 0 Å². The zero-order valence-electron chi connectivity index (χ0n) is 15.6. The van der Waals surface area contributed by atoms with Gasteiger partial charge in [-0.1, -0.05) is 44.2 Å². The van der Waals surface area contributed by atoms with Crippen LogP contribution in [0.3, 0.4) is 0 Å². The smallest absolute Gasteiger partial charge is 0.216 e. The molecular formula is C22H22NO+. The molecule has 2 aromatic heterocycles. The molecule has 0 aliphatic carbocycles. The van der Waals surface area contributed by atoms with Gasteiger partial charge in [-0.25, -0.2) is 4.57 Å². The van der Waals surface area contributed by atoms with Crippen LogP contribution in [-0.2, 0) is 7.05 Å². The molecule has 2 heterocycles. The fourth-order valence-corrected chi connectivity index (χ4v) is 3.33. The number of rotatable bonds is 2. The van der Waals surface area contributed by atoms with Crippen LogP contribution in [0.5, 0.6) is 0 Å². The van der Waals surface area contributed by atoms with Crippen LogP contribution in [0.25, 0.3) is 33.2 Å². The van der Waals surface area contributed by atoms with Crippen molar-refractivity contribution in [3.8, 4) is 11.3 Å². The number of benzene rings is 2. The lowest BCUT2D eigenvalue weighted by Crippen LogP contribution is -2.31. The van der Waals surface area contributed by atoms with E-state index < -0.39 is 5.89 Å². The summed E-state index contributed by atoms with van der Waals surface area (Å²) < 4.78 is 16.7. The van der Waals surface area contributed by atoms with Gasteiger partial charge < -0.3 is 4.42 Å². The number of hydrogen-bond acceptors (Lipinski definition) is 1. The summed E-state index contributed by atoms with van der Waals surface area (Å²) in [7, 11) is 2.04. The number of pyridine rings is 1. The van der Waals surface area contributed by atoms with Gasteiger partial charge in [-0.05, 0) is 30.0 Å². The number of fused-ring (bicyclic) bond motifs is 3. The molecule has 0 aliphatic rings. The van der Waals surface area contributed by atoms with Crippen molar-refractivity contribution in [3.63, 3.8) is 0 Å². The van der Waals surface area contributed by atoms with E-state index in [9.17, 15) is 0 Å². The third-order valence-corrected chi connectivity index (χ3v) is 4.74. The summed E-state index contributed by atoms with van der Waals surface area (Å²) in [5.74, 6) is -0.640. The molecule has 0 amide bonds. The van der Waals surface area contributed by atoms with Crippen LogP contribution >= 0.6 is 0 Å². The molecule has 0 radical (unpaired) electrons. The Kier molecular flexibility index (Phi) is 3.15. The molecule has 2 heteroatoms. The van der Waals surface area contributed by atoms with Crippen LogP contribution in [-0.4, -0.2) is 0 Å².